The molecule has 1 saturated carbocycles. The zero-order chi connectivity index (χ0) is 12.2. The fraction of sp³-hybridized carbons (Fsp3) is 0.923. The monoisotopic (exact) mass is 227 g/mol. The maximum absolute atomic E-state index is 12.2. The van der Waals surface area contributed by atoms with Crippen LogP contribution in [-0.2, 0) is 4.79 Å². The van der Waals surface area contributed by atoms with Crippen molar-refractivity contribution in [3.05, 3.63) is 0 Å². The Kier molecular flexibility index (Phi) is 4.78. The summed E-state index contributed by atoms with van der Waals surface area (Å²) in [6.45, 7) is 6.17. The number of hydrogen-bond donors (Lipinski definition) is 2. The maximum Gasteiger partial charge on any atom is 0.226 e. The van der Waals surface area contributed by atoms with Gasteiger partial charge in [0.1, 0.15) is 0 Å². The molecule has 1 unspecified atom stereocenters. The molecular formula is C13H25NO2. The van der Waals surface area contributed by atoms with Crippen molar-refractivity contribution in [1.29, 1.82) is 0 Å². The zero-order valence-corrected chi connectivity index (χ0v) is 10.8. The molecule has 3 nitrogen and oxygen atoms in total. The summed E-state index contributed by atoms with van der Waals surface area (Å²) in [7, 11) is 0. The van der Waals surface area contributed by atoms with Gasteiger partial charge in [-0.2, -0.15) is 0 Å². The lowest BCUT2D eigenvalue weighted by Gasteiger charge is -2.30. The van der Waals surface area contributed by atoms with Gasteiger partial charge < -0.3 is 10.4 Å². The molecule has 0 aromatic rings. The van der Waals surface area contributed by atoms with E-state index in [9.17, 15) is 9.90 Å². The lowest BCUT2D eigenvalue weighted by Crippen LogP contribution is -2.47. The molecule has 2 N–H and O–H groups in total. The normalized spacial score (nSPS) is 21.1. The first kappa shape index (κ1) is 13.5. The minimum atomic E-state index is -0.150. The van der Waals surface area contributed by atoms with Crippen molar-refractivity contribution in [1.82, 2.24) is 5.32 Å². The molecule has 1 aliphatic rings. The van der Waals surface area contributed by atoms with Gasteiger partial charge in [-0.05, 0) is 25.2 Å². The van der Waals surface area contributed by atoms with Gasteiger partial charge in [-0.25, -0.2) is 0 Å². The molecule has 1 amide bonds. The third kappa shape index (κ3) is 2.76. The molecule has 1 aliphatic carbocycles. The third-order valence-corrected chi connectivity index (χ3v) is 4.04. The van der Waals surface area contributed by atoms with Gasteiger partial charge in [0, 0.05) is 5.41 Å². The topological polar surface area (TPSA) is 49.3 Å². The lowest BCUT2D eigenvalue weighted by molar-refractivity contribution is -0.132. The SMILES string of the molecule is CCC1(C(=O)NC(CO)C(C)C)CCCC1. The molecule has 1 fully saturated rings. The number of rotatable bonds is 5. The summed E-state index contributed by atoms with van der Waals surface area (Å²) in [5, 5.41) is 12.2. The fourth-order valence-corrected chi connectivity index (χ4v) is 2.54. The van der Waals surface area contributed by atoms with E-state index in [0.29, 0.717) is 0 Å². The summed E-state index contributed by atoms with van der Waals surface area (Å²) in [5.41, 5.74) is -0.150. The number of nitrogens with one attached hydrogen (secondary N) is 1. The molecule has 16 heavy (non-hydrogen) atoms. The van der Waals surface area contributed by atoms with E-state index in [1.165, 1.54) is 0 Å². The van der Waals surface area contributed by atoms with Crippen LogP contribution in [0.4, 0.5) is 0 Å². The van der Waals surface area contributed by atoms with E-state index >= 15 is 0 Å². The average molecular weight is 227 g/mol. The van der Waals surface area contributed by atoms with Crippen molar-refractivity contribution in [3.8, 4) is 0 Å². The van der Waals surface area contributed by atoms with Gasteiger partial charge in [-0.3, -0.25) is 4.79 Å². The van der Waals surface area contributed by atoms with Crippen LogP contribution in [0.1, 0.15) is 52.9 Å². The van der Waals surface area contributed by atoms with E-state index < -0.39 is 0 Å². The Morgan fingerprint density at radius 2 is 1.94 bits per heavy atom. The second-order valence-electron chi connectivity index (χ2n) is 5.35. The van der Waals surface area contributed by atoms with Crippen molar-refractivity contribution < 1.29 is 9.90 Å². The van der Waals surface area contributed by atoms with Crippen molar-refractivity contribution in [2.45, 2.75) is 58.9 Å². The van der Waals surface area contributed by atoms with Crippen LogP contribution in [0.25, 0.3) is 0 Å². The molecule has 0 radical (unpaired) electrons. The predicted octanol–water partition coefficient (Wildman–Crippen LogP) is 2.09. The van der Waals surface area contributed by atoms with Crippen molar-refractivity contribution >= 4 is 5.91 Å². The van der Waals surface area contributed by atoms with E-state index in [-0.39, 0.29) is 29.9 Å². The molecular weight excluding hydrogens is 202 g/mol. The summed E-state index contributed by atoms with van der Waals surface area (Å²) in [4.78, 5) is 12.2. The second kappa shape index (κ2) is 5.67. The largest absolute Gasteiger partial charge is 0.394 e. The van der Waals surface area contributed by atoms with E-state index in [1.807, 2.05) is 13.8 Å². The standard InChI is InChI=1S/C13H25NO2/c1-4-13(7-5-6-8-13)12(16)14-11(9-15)10(2)3/h10-11,15H,4-9H2,1-3H3,(H,14,16). The Balaban J connectivity index is 2.62. The van der Waals surface area contributed by atoms with Crippen molar-refractivity contribution in [3.63, 3.8) is 0 Å². The molecule has 0 heterocycles. The average Bonchev–Trinajstić information content (AvgIpc) is 2.74. The smallest absolute Gasteiger partial charge is 0.226 e. The quantitative estimate of drug-likeness (QED) is 0.755. The van der Waals surface area contributed by atoms with Crippen molar-refractivity contribution in [2.24, 2.45) is 11.3 Å². The first-order valence-corrected chi connectivity index (χ1v) is 6.47. The third-order valence-electron chi connectivity index (χ3n) is 4.04. The molecule has 3 heteroatoms. The first-order valence-electron chi connectivity index (χ1n) is 6.47. The van der Waals surface area contributed by atoms with Crippen LogP contribution in [0.2, 0.25) is 0 Å². The molecule has 1 rings (SSSR count). The van der Waals surface area contributed by atoms with Crippen LogP contribution in [0.5, 0.6) is 0 Å². The molecule has 0 saturated heterocycles. The number of carbonyl (C=O) groups excluding carboxylic acids is 1. The predicted molar refractivity (Wildman–Crippen MR) is 65.0 cm³/mol. The van der Waals surface area contributed by atoms with Crippen LogP contribution in [0.3, 0.4) is 0 Å². The Labute approximate surface area is 98.6 Å². The summed E-state index contributed by atoms with van der Waals surface area (Å²) in [6, 6.07) is -0.100. The maximum atomic E-state index is 12.2. The molecule has 1 atom stereocenters. The van der Waals surface area contributed by atoms with Gasteiger partial charge in [-0.15, -0.1) is 0 Å². The van der Waals surface area contributed by atoms with Gasteiger partial charge in [0.2, 0.25) is 5.91 Å². The number of aliphatic hydroxyl groups excluding tert-OH is 1. The summed E-state index contributed by atoms with van der Waals surface area (Å²) in [5.74, 6) is 0.435. The van der Waals surface area contributed by atoms with Gasteiger partial charge in [-0.1, -0.05) is 33.6 Å². The molecule has 0 aromatic heterocycles. The van der Waals surface area contributed by atoms with Crippen LogP contribution in [-0.4, -0.2) is 23.7 Å². The summed E-state index contributed by atoms with van der Waals surface area (Å²) < 4.78 is 0. The highest BCUT2D eigenvalue weighted by Crippen LogP contribution is 2.41. The van der Waals surface area contributed by atoms with Crippen LogP contribution in [0.15, 0.2) is 0 Å². The minimum absolute atomic E-state index is 0.0310. The van der Waals surface area contributed by atoms with E-state index in [4.69, 9.17) is 0 Å². The Hall–Kier alpha value is -0.570. The van der Waals surface area contributed by atoms with Gasteiger partial charge in [0.15, 0.2) is 0 Å². The highest BCUT2D eigenvalue weighted by atomic mass is 16.3. The van der Waals surface area contributed by atoms with Crippen molar-refractivity contribution in [2.75, 3.05) is 6.61 Å². The van der Waals surface area contributed by atoms with E-state index in [0.717, 1.165) is 32.1 Å². The molecule has 0 bridgehead atoms. The molecule has 94 valence electrons. The summed E-state index contributed by atoms with van der Waals surface area (Å²) in [6.07, 6.45) is 5.24. The van der Waals surface area contributed by atoms with E-state index in [1.54, 1.807) is 0 Å². The summed E-state index contributed by atoms with van der Waals surface area (Å²) >= 11 is 0. The van der Waals surface area contributed by atoms with Gasteiger partial charge in [0.05, 0.1) is 12.6 Å². The van der Waals surface area contributed by atoms with Crippen LogP contribution < -0.4 is 5.32 Å². The molecule has 0 aromatic carbocycles. The van der Waals surface area contributed by atoms with Gasteiger partial charge >= 0.3 is 0 Å². The molecule has 0 aliphatic heterocycles. The number of hydrogen-bond acceptors (Lipinski definition) is 2. The number of amides is 1. The van der Waals surface area contributed by atoms with Gasteiger partial charge in [0.25, 0.3) is 0 Å². The number of aliphatic hydroxyl groups is 1. The number of carbonyl (C=O) groups is 1. The lowest BCUT2D eigenvalue weighted by atomic mass is 9.82. The Morgan fingerprint density at radius 3 is 2.31 bits per heavy atom. The minimum Gasteiger partial charge on any atom is -0.394 e. The van der Waals surface area contributed by atoms with E-state index in [2.05, 4.69) is 12.2 Å². The fourth-order valence-electron chi connectivity index (χ4n) is 2.54. The van der Waals surface area contributed by atoms with Crippen LogP contribution in [0, 0.1) is 11.3 Å². The second-order valence-corrected chi connectivity index (χ2v) is 5.35. The molecule has 0 spiro atoms. The Morgan fingerprint density at radius 1 is 1.38 bits per heavy atom. The zero-order valence-electron chi connectivity index (χ0n) is 10.8. The van der Waals surface area contributed by atoms with Crippen LogP contribution >= 0.6 is 0 Å². The first-order chi connectivity index (χ1) is 7.55. The highest BCUT2D eigenvalue weighted by molar-refractivity contribution is 5.83. The highest BCUT2D eigenvalue weighted by Gasteiger charge is 2.40. The Bertz CT molecular complexity index is 232.